The Hall–Kier alpha value is -3.67. The van der Waals surface area contributed by atoms with Crippen LogP contribution in [0.3, 0.4) is 0 Å². The normalized spacial score (nSPS) is 17.7. The fourth-order valence-corrected chi connectivity index (χ4v) is 6.44. The Morgan fingerprint density at radius 2 is 1.60 bits per heavy atom. The van der Waals surface area contributed by atoms with Crippen molar-refractivity contribution in [2.75, 3.05) is 53.7 Å². The van der Waals surface area contributed by atoms with Gasteiger partial charge in [-0.3, -0.25) is 4.79 Å². The minimum atomic E-state index is -3.68. The lowest BCUT2D eigenvalue weighted by Gasteiger charge is -2.37. The summed E-state index contributed by atoms with van der Waals surface area (Å²) < 4.78 is 63.1. The lowest BCUT2D eigenvalue weighted by Crippen LogP contribution is -2.42. The molecular formula is C29H31FN2O7S. The van der Waals surface area contributed by atoms with Crippen LogP contribution in [0.15, 0.2) is 65.6 Å². The fraction of sp³-hybridized carbons (Fsp3) is 0.345. The molecule has 5 rings (SSSR count). The highest BCUT2D eigenvalue weighted by Crippen LogP contribution is 2.39. The average Bonchev–Trinajstić information content (AvgIpc) is 3.00. The van der Waals surface area contributed by atoms with E-state index in [1.807, 2.05) is 12.1 Å². The summed E-state index contributed by atoms with van der Waals surface area (Å²) >= 11 is 0. The van der Waals surface area contributed by atoms with Crippen molar-refractivity contribution in [2.45, 2.75) is 17.4 Å². The van der Waals surface area contributed by atoms with Crippen molar-refractivity contribution in [3.63, 3.8) is 0 Å². The molecule has 0 aliphatic carbocycles. The molecule has 3 aromatic rings. The Bertz CT molecular complexity index is 1460. The highest BCUT2D eigenvalue weighted by molar-refractivity contribution is 7.89. The summed E-state index contributed by atoms with van der Waals surface area (Å²) in [5.74, 6) is 0.960. The Morgan fingerprint density at radius 1 is 0.950 bits per heavy atom. The van der Waals surface area contributed by atoms with E-state index in [-0.39, 0.29) is 23.2 Å². The van der Waals surface area contributed by atoms with E-state index in [1.54, 1.807) is 19.1 Å². The molecule has 1 atom stereocenters. The predicted octanol–water partition coefficient (Wildman–Crippen LogP) is 3.68. The van der Waals surface area contributed by atoms with Crippen LogP contribution in [-0.4, -0.2) is 77.2 Å². The third-order valence-electron chi connectivity index (χ3n) is 7.19. The highest BCUT2D eigenvalue weighted by Gasteiger charge is 2.34. The summed E-state index contributed by atoms with van der Waals surface area (Å²) in [5, 5.41) is 0. The van der Waals surface area contributed by atoms with Crippen LogP contribution in [-0.2, 0) is 21.2 Å². The number of carbonyl (C=O) groups excluding carboxylic acids is 1. The maximum absolute atomic E-state index is 13.8. The highest BCUT2D eigenvalue weighted by atomic mass is 32.2. The van der Waals surface area contributed by atoms with Crippen LogP contribution >= 0.6 is 0 Å². The van der Waals surface area contributed by atoms with Gasteiger partial charge < -0.3 is 23.8 Å². The number of hydrogen-bond donors (Lipinski definition) is 0. The molecule has 11 heteroatoms. The molecule has 0 radical (unpaired) electrons. The van der Waals surface area contributed by atoms with Crippen molar-refractivity contribution in [3.05, 3.63) is 83.2 Å². The average molecular weight is 571 g/mol. The quantitative estimate of drug-likeness (QED) is 0.408. The maximum atomic E-state index is 13.8. The summed E-state index contributed by atoms with van der Waals surface area (Å²) in [7, 11) is -0.562. The molecule has 0 saturated carbocycles. The van der Waals surface area contributed by atoms with Crippen LogP contribution in [0.1, 0.15) is 27.5 Å². The number of sulfonamides is 1. The van der Waals surface area contributed by atoms with E-state index in [1.165, 1.54) is 52.8 Å². The largest absolute Gasteiger partial charge is 0.493 e. The fourth-order valence-electron chi connectivity index (χ4n) is 5.03. The number of methoxy groups -OCH3 is 2. The van der Waals surface area contributed by atoms with Crippen LogP contribution in [0.2, 0.25) is 0 Å². The van der Waals surface area contributed by atoms with E-state index in [9.17, 15) is 17.6 Å². The van der Waals surface area contributed by atoms with Gasteiger partial charge in [0.25, 0.3) is 5.91 Å². The minimum Gasteiger partial charge on any atom is -0.493 e. The molecule has 1 amide bonds. The van der Waals surface area contributed by atoms with E-state index < -0.39 is 16.1 Å². The first kappa shape index (κ1) is 27.9. The van der Waals surface area contributed by atoms with Gasteiger partial charge in [-0.1, -0.05) is 0 Å². The zero-order valence-corrected chi connectivity index (χ0v) is 23.2. The molecule has 0 aromatic heterocycles. The first-order chi connectivity index (χ1) is 19.3. The number of ether oxygens (including phenoxy) is 4. The number of halogens is 1. The number of nitrogens with zero attached hydrogens (tertiary/aromatic N) is 2. The van der Waals surface area contributed by atoms with Gasteiger partial charge in [0.1, 0.15) is 18.2 Å². The van der Waals surface area contributed by atoms with Crippen LogP contribution in [0.5, 0.6) is 17.2 Å². The minimum absolute atomic E-state index is 0.114. The van der Waals surface area contributed by atoms with Gasteiger partial charge in [-0.05, 0) is 78.2 Å². The Morgan fingerprint density at radius 3 is 2.25 bits per heavy atom. The van der Waals surface area contributed by atoms with Gasteiger partial charge in [0, 0.05) is 25.2 Å². The van der Waals surface area contributed by atoms with E-state index in [2.05, 4.69) is 0 Å². The van der Waals surface area contributed by atoms with Gasteiger partial charge >= 0.3 is 0 Å². The van der Waals surface area contributed by atoms with Crippen LogP contribution in [0.4, 0.5) is 4.39 Å². The second-order valence-electron chi connectivity index (χ2n) is 9.48. The molecule has 1 fully saturated rings. The SMILES string of the molecule is COc1cc2c(cc1OC)C(COc1ccc(F)cc1)N(C(=O)c1ccc(S(=O)(=O)N3CCOCC3)cc1)CC2. The smallest absolute Gasteiger partial charge is 0.254 e. The Balaban J connectivity index is 1.43. The van der Waals surface area contributed by atoms with Gasteiger partial charge in [-0.2, -0.15) is 4.31 Å². The monoisotopic (exact) mass is 570 g/mol. The topological polar surface area (TPSA) is 94.6 Å². The van der Waals surface area contributed by atoms with Crippen molar-refractivity contribution < 1.29 is 36.6 Å². The van der Waals surface area contributed by atoms with E-state index >= 15 is 0 Å². The summed E-state index contributed by atoms with van der Waals surface area (Å²) in [5.41, 5.74) is 2.21. The van der Waals surface area contributed by atoms with Gasteiger partial charge in [0.15, 0.2) is 11.5 Å². The number of benzene rings is 3. The number of hydrogen-bond acceptors (Lipinski definition) is 7. The third-order valence-corrected chi connectivity index (χ3v) is 9.11. The Kier molecular flexibility index (Phi) is 8.24. The molecular weight excluding hydrogens is 539 g/mol. The molecule has 0 spiro atoms. The molecule has 2 aliphatic heterocycles. The Labute approximate surface area is 233 Å². The number of carbonyl (C=O) groups is 1. The van der Waals surface area contributed by atoms with Crippen molar-refractivity contribution >= 4 is 15.9 Å². The van der Waals surface area contributed by atoms with Gasteiger partial charge in [-0.25, -0.2) is 12.8 Å². The third kappa shape index (κ3) is 5.63. The van der Waals surface area contributed by atoms with Crippen molar-refractivity contribution in [2.24, 2.45) is 0 Å². The molecule has 0 bridgehead atoms. The van der Waals surface area contributed by atoms with Gasteiger partial charge in [0.05, 0.1) is 38.4 Å². The van der Waals surface area contributed by atoms with Crippen molar-refractivity contribution in [1.29, 1.82) is 0 Å². The van der Waals surface area contributed by atoms with E-state index in [0.717, 1.165) is 11.1 Å². The summed E-state index contributed by atoms with van der Waals surface area (Å²) in [6.45, 7) is 1.81. The molecule has 212 valence electrons. The van der Waals surface area contributed by atoms with E-state index in [0.29, 0.717) is 62.1 Å². The molecule has 1 unspecified atom stereocenters. The standard InChI is InChI=1S/C29H31FN2O7S/c1-36-27-17-21-11-12-32(26(25(21)18-28(27)37-2)19-39-23-7-5-22(30)6-8-23)29(33)20-3-9-24(10-4-20)40(34,35)31-13-15-38-16-14-31/h3-10,17-18,26H,11-16,19H2,1-2H3. The zero-order valence-electron chi connectivity index (χ0n) is 22.3. The molecule has 9 nitrogen and oxygen atoms in total. The first-order valence-electron chi connectivity index (χ1n) is 12.9. The van der Waals surface area contributed by atoms with E-state index in [4.69, 9.17) is 18.9 Å². The maximum Gasteiger partial charge on any atom is 0.254 e. The summed E-state index contributed by atoms with van der Waals surface area (Å²) in [6.07, 6.45) is 0.581. The van der Waals surface area contributed by atoms with Gasteiger partial charge in [-0.15, -0.1) is 0 Å². The number of fused-ring (bicyclic) bond motifs is 1. The molecule has 2 heterocycles. The lowest BCUT2D eigenvalue weighted by atomic mass is 9.91. The number of amides is 1. The van der Waals surface area contributed by atoms with Crippen LogP contribution in [0, 0.1) is 5.82 Å². The second-order valence-corrected chi connectivity index (χ2v) is 11.4. The van der Waals surface area contributed by atoms with Crippen LogP contribution < -0.4 is 14.2 Å². The first-order valence-corrected chi connectivity index (χ1v) is 14.4. The molecule has 3 aromatic carbocycles. The number of rotatable bonds is 8. The zero-order chi connectivity index (χ0) is 28.3. The molecule has 40 heavy (non-hydrogen) atoms. The van der Waals surface area contributed by atoms with Crippen molar-refractivity contribution in [1.82, 2.24) is 9.21 Å². The molecule has 2 aliphatic rings. The lowest BCUT2D eigenvalue weighted by molar-refractivity contribution is 0.0589. The predicted molar refractivity (Wildman–Crippen MR) is 145 cm³/mol. The molecule has 0 N–H and O–H groups in total. The number of morpholine rings is 1. The van der Waals surface area contributed by atoms with Crippen molar-refractivity contribution in [3.8, 4) is 17.2 Å². The summed E-state index contributed by atoms with van der Waals surface area (Å²) in [6, 6.07) is 15.0. The summed E-state index contributed by atoms with van der Waals surface area (Å²) in [4.78, 5) is 15.6. The second kappa shape index (κ2) is 11.8. The van der Waals surface area contributed by atoms with Crippen LogP contribution in [0.25, 0.3) is 0 Å². The molecule has 1 saturated heterocycles. The van der Waals surface area contributed by atoms with Gasteiger partial charge in [0.2, 0.25) is 10.0 Å².